The molecule has 3 nitrogen and oxygen atoms in total. The summed E-state index contributed by atoms with van der Waals surface area (Å²) >= 11 is 0. The van der Waals surface area contributed by atoms with Crippen LogP contribution < -0.4 is 5.73 Å². The predicted molar refractivity (Wildman–Crippen MR) is 84.8 cm³/mol. The summed E-state index contributed by atoms with van der Waals surface area (Å²) in [6.45, 7) is 6.71. The summed E-state index contributed by atoms with van der Waals surface area (Å²) in [5.74, 6) is 0.325. The van der Waals surface area contributed by atoms with Crippen LogP contribution in [0.1, 0.15) is 45.6 Å². The number of hydrogen-bond donors (Lipinski definition) is 1. The molecular weight excluding hydrogens is 262 g/mol. The van der Waals surface area contributed by atoms with E-state index in [2.05, 4.69) is 20.8 Å². The molecule has 1 aliphatic carbocycles. The van der Waals surface area contributed by atoms with Crippen molar-refractivity contribution in [3.63, 3.8) is 0 Å². The fourth-order valence-electron chi connectivity index (χ4n) is 3.55. The quantitative estimate of drug-likeness (QED) is 0.865. The van der Waals surface area contributed by atoms with Gasteiger partial charge in [-0.15, -0.1) is 0 Å². The van der Waals surface area contributed by atoms with E-state index >= 15 is 0 Å². The zero-order valence-electron chi connectivity index (χ0n) is 13.3. The molecule has 1 aromatic carbocycles. The van der Waals surface area contributed by atoms with Crippen LogP contribution in [0.25, 0.3) is 0 Å². The van der Waals surface area contributed by atoms with E-state index in [1.165, 1.54) is 6.42 Å². The van der Waals surface area contributed by atoms with Crippen LogP contribution in [-0.2, 0) is 16.0 Å². The normalized spacial score (nSPS) is 26.1. The zero-order chi connectivity index (χ0) is 15.5. The lowest BCUT2D eigenvalue weighted by Crippen LogP contribution is -2.40. The number of ether oxygens (including phenoxy) is 1. The van der Waals surface area contributed by atoms with E-state index < -0.39 is 6.04 Å². The second-order valence-electron chi connectivity index (χ2n) is 7.27. The van der Waals surface area contributed by atoms with Gasteiger partial charge in [-0.2, -0.15) is 0 Å². The first-order valence-electron chi connectivity index (χ1n) is 7.86. The third-order valence-corrected chi connectivity index (χ3v) is 4.23. The molecule has 1 fully saturated rings. The second kappa shape index (κ2) is 6.61. The van der Waals surface area contributed by atoms with Crippen molar-refractivity contribution in [1.82, 2.24) is 0 Å². The molecular formula is C18H27NO2. The van der Waals surface area contributed by atoms with Crippen LogP contribution >= 0.6 is 0 Å². The largest absolute Gasteiger partial charge is 0.461 e. The van der Waals surface area contributed by atoms with Crippen LogP contribution in [0.2, 0.25) is 0 Å². The van der Waals surface area contributed by atoms with Crippen molar-refractivity contribution in [2.45, 2.75) is 58.6 Å². The first kappa shape index (κ1) is 16.0. The highest BCUT2D eigenvalue weighted by molar-refractivity contribution is 5.76. The summed E-state index contributed by atoms with van der Waals surface area (Å²) in [7, 11) is 0. The van der Waals surface area contributed by atoms with Gasteiger partial charge in [0.25, 0.3) is 0 Å². The maximum atomic E-state index is 12.2. The summed E-state index contributed by atoms with van der Waals surface area (Å²) < 4.78 is 5.67. The van der Waals surface area contributed by atoms with Crippen molar-refractivity contribution in [3.8, 4) is 0 Å². The average Bonchev–Trinajstić information content (AvgIpc) is 2.37. The monoisotopic (exact) mass is 289 g/mol. The van der Waals surface area contributed by atoms with Gasteiger partial charge in [-0.3, -0.25) is 4.79 Å². The molecule has 0 radical (unpaired) electrons. The fraction of sp³-hybridized carbons (Fsp3) is 0.611. The Morgan fingerprint density at radius 1 is 1.33 bits per heavy atom. The molecule has 21 heavy (non-hydrogen) atoms. The third-order valence-electron chi connectivity index (χ3n) is 4.23. The summed E-state index contributed by atoms with van der Waals surface area (Å²) in [6, 6.07) is 9.27. The minimum Gasteiger partial charge on any atom is -0.461 e. The van der Waals surface area contributed by atoms with Gasteiger partial charge in [0, 0.05) is 0 Å². The van der Waals surface area contributed by atoms with Crippen molar-refractivity contribution in [2.24, 2.45) is 17.1 Å². The molecule has 0 aromatic heterocycles. The molecule has 0 spiro atoms. The molecule has 2 rings (SSSR count). The number of esters is 1. The summed E-state index contributed by atoms with van der Waals surface area (Å²) in [5.41, 5.74) is 7.31. The van der Waals surface area contributed by atoms with E-state index in [0.29, 0.717) is 12.3 Å². The van der Waals surface area contributed by atoms with Gasteiger partial charge in [0.1, 0.15) is 12.1 Å². The SMILES string of the molecule is CC1CC(OC(=O)[C@@H](N)Cc2ccccc2)CC(C)(C)C1. The van der Waals surface area contributed by atoms with E-state index in [0.717, 1.165) is 18.4 Å². The number of carbonyl (C=O) groups is 1. The van der Waals surface area contributed by atoms with E-state index in [1.807, 2.05) is 30.3 Å². The van der Waals surface area contributed by atoms with Crippen LogP contribution in [0.15, 0.2) is 30.3 Å². The highest BCUT2D eigenvalue weighted by Gasteiger charge is 2.34. The van der Waals surface area contributed by atoms with Crippen LogP contribution in [0.5, 0.6) is 0 Å². The van der Waals surface area contributed by atoms with Gasteiger partial charge in [0.15, 0.2) is 0 Å². The summed E-state index contributed by atoms with van der Waals surface area (Å²) in [6.07, 6.45) is 3.62. The third kappa shape index (κ3) is 4.85. The Bertz CT molecular complexity index is 469. The van der Waals surface area contributed by atoms with Crippen molar-refractivity contribution < 1.29 is 9.53 Å². The summed E-state index contributed by atoms with van der Waals surface area (Å²) in [4.78, 5) is 12.2. The molecule has 0 aliphatic heterocycles. The molecule has 3 atom stereocenters. The molecule has 0 saturated heterocycles. The molecule has 116 valence electrons. The Kier molecular flexibility index (Phi) is 5.04. The lowest BCUT2D eigenvalue weighted by atomic mass is 9.71. The van der Waals surface area contributed by atoms with Crippen molar-refractivity contribution in [2.75, 3.05) is 0 Å². The molecule has 1 aliphatic rings. The highest BCUT2D eigenvalue weighted by atomic mass is 16.5. The Morgan fingerprint density at radius 3 is 2.62 bits per heavy atom. The fourth-order valence-corrected chi connectivity index (χ4v) is 3.55. The standard InChI is InChI=1S/C18H27NO2/c1-13-9-15(12-18(2,3)11-13)21-17(20)16(19)10-14-7-5-4-6-8-14/h4-8,13,15-16H,9-12,19H2,1-3H3/t13?,15?,16-/m0/s1. The van der Waals surface area contributed by atoms with Gasteiger partial charge in [-0.05, 0) is 42.6 Å². The van der Waals surface area contributed by atoms with Crippen molar-refractivity contribution >= 4 is 5.97 Å². The Labute approximate surface area is 127 Å². The van der Waals surface area contributed by atoms with Crippen LogP contribution in [0.3, 0.4) is 0 Å². The van der Waals surface area contributed by atoms with Crippen LogP contribution in [0, 0.1) is 11.3 Å². The molecule has 1 saturated carbocycles. The molecule has 2 unspecified atom stereocenters. The number of nitrogens with two attached hydrogens (primary N) is 1. The van der Waals surface area contributed by atoms with E-state index in [4.69, 9.17) is 10.5 Å². The number of rotatable bonds is 4. The second-order valence-corrected chi connectivity index (χ2v) is 7.27. The Morgan fingerprint density at radius 2 is 2.00 bits per heavy atom. The predicted octanol–water partition coefficient (Wildman–Crippen LogP) is 3.31. The number of hydrogen-bond acceptors (Lipinski definition) is 3. The topological polar surface area (TPSA) is 52.3 Å². The molecule has 2 N–H and O–H groups in total. The molecule has 0 bridgehead atoms. The maximum absolute atomic E-state index is 12.2. The zero-order valence-corrected chi connectivity index (χ0v) is 13.3. The van der Waals surface area contributed by atoms with Gasteiger partial charge < -0.3 is 10.5 Å². The van der Waals surface area contributed by atoms with Crippen LogP contribution in [0.4, 0.5) is 0 Å². The van der Waals surface area contributed by atoms with E-state index in [1.54, 1.807) is 0 Å². The van der Waals surface area contributed by atoms with E-state index in [-0.39, 0.29) is 17.5 Å². The molecule has 1 aromatic rings. The summed E-state index contributed by atoms with van der Waals surface area (Å²) in [5, 5.41) is 0. The average molecular weight is 289 g/mol. The van der Waals surface area contributed by atoms with Gasteiger partial charge in [-0.25, -0.2) is 0 Å². The Hall–Kier alpha value is -1.35. The lowest BCUT2D eigenvalue weighted by molar-refractivity contribution is -0.155. The Balaban J connectivity index is 1.88. The molecule has 0 heterocycles. The first-order chi connectivity index (χ1) is 9.85. The highest BCUT2D eigenvalue weighted by Crippen LogP contribution is 2.39. The lowest BCUT2D eigenvalue weighted by Gasteiger charge is -2.38. The number of carbonyl (C=O) groups excluding carboxylic acids is 1. The minimum atomic E-state index is -0.576. The van der Waals surface area contributed by atoms with E-state index in [9.17, 15) is 4.79 Å². The maximum Gasteiger partial charge on any atom is 0.323 e. The number of benzene rings is 1. The molecule has 0 amide bonds. The van der Waals surface area contributed by atoms with Gasteiger partial charge in [0.2, 0.25) is 0 Å². The van der Waals surface area contributed by atoms with Crippen LogP contribution in [-0.4, -0.2) is 18.1 Å². The minimum absolute atomic E-state index is 0.0121. The van der Waals surface area contributed by atoms with Crippen molar-refractivity contribution in [1.29, 1.82) is 0 Å². The molecule has 3 heteroatoms. The first-order valence-corrected chi connectivity index (χ1v) is 7.86. The van der Waals surface area contributed by atoms with Gasteiger partial charge in [-0.1, -0.05) is 51.1 Å². The smallest absolute Gasteiger partial charge is 0.323 e. The van der Waals surface area contributed by atoms with Gasteiger partial charge >= 0.3 is 5.97 Å². The van der Waals surface area contributed by atoms with Gasteiger partial charge in [0.05, 0.1) is 0 Å². The van der Waals surface area contributed by atoms with Crippen molar-refractivity contribution in [3.05, 3.63) is 35.9 Å².